The van der Waals surface area contributed by atoms with Crippen LogP contribution in [0.5, 0.6) is 0 Å². The molecule has 0 amide bonds. The molecule has 0 aromatic heterocycles. The summed E-state index contributed by atoms with van der Waals surface area (Å²) in [4.78, 5) is 11.6. The zero-order valence-corrected chi connectivity index (χ0v) is 9.13. The quantitative estimate of drug-likeness (QED) is 0.766. The van der Waals surface area contributed by atoms with Crippen LogP contribution in [0.2, 0.25) is 0 Å². The Labute approximate surface area is 93.7 Å². The largest absolute Gasteiger partial charge is 0.493 e. The summed E-state index contributed by atoms with van der Waals surface area (Å²) in [6, 6.07) is 6.48. The number of carbonyl (C=O) groups is 1. The Balaban J connectivity index is 2.53. The highest BCUT2D eigenvalue weighted by Crippen LogP contribution is 2.31. The highest BCUT2D eigenvalue weighted by molar-refractivity contribution is 6.02. The number of methoxy groups -OCH3 is 1. The van der Waals surface area contributed by atoms with Gasteiger partial charge >= 0.3 is 0 Å². The van der Waals surface area contributed by atoms with Crippen molar-refractivity contribution in [3.05, 3.63) is 41.4 Å². The van der Waals surface area contributed by atoms with Gasteiger partial charge in [0.05, 0.1) is 7.11 Å². The molecule has 0 bridgehead atoms. The first-order valence-corrected chi connectivity index (χ1v) is 5.29. The molecule has 1 aromatic carbocycles. The average molecular weight is 220 g/mol. The topological polar surface area (TPSA) is 26.3 Å². The van der Waals surface area contributed by atoms with E-state index in [4.69, 9.17) is 4.74 Å². The molecule has 3 heteroatoms. The van der Waals surface area contributed by atoms with Gasteiger partial charge in [0, 0.05) is 17.6 Å². The first-order chi connectivity index (χ1) is 7.74. The van der Waals surface area contributed by atoms with Gasteiger partial charge in [-0.15, -0.1) is 0 Å². The molecule has 2 nitrogen and oxygen atoms in total. The minimum atomic E-state index is -0.304. The second-order valence-electron chi connectivity index (χ2n) is 3.77. The van der Waals surface area contributed by atoms with Crippen LogP contribution in [0.4, 0.5) is 4.39 Å². The number of hydrogen-bond donors (Lipinski definition) is 0. The van der Waals surface area contributed by atoms with Crippen molar-refractivity contribution in [1.29, 1.82) is 0 Å². The van der Waals surface area contributed by atoms with E-state index < -0.39 is 0 Å². The molecule has 0 fully saturated rings. The Hall–Kier alpha value is -1.64. The summed E-state index contributed by atoms with van der Waals surface area (Å²) in [6.45, 7) is 0. The predicted octanol–water partition coefficient (Wildman–Crippen LogP) is 2.94. The summed E-state index contributed by atoms with van der Waals surface area (Å²) in [5.74, 6) is -0.0231. The minimum Gasteiger partial charge on any atom is -0.493 e. The Morgan fingerprint density at radius 3 is 2.69 bits per heavy atom. The number of benzene rings is 1. The third kappa shape index (κ3) is 1.85. The van der Waals surface area contributed by atoms with Crippen molar-refractivity contribution >= 4 is 11.4 Å². The van der Waals surface area contributed by atoms with E-state index in [1.165, 1.54) is 13.2 Å². The lowest BCUT2D eigenvalue weighted by Crippen LogP contribution is -2.13. The third-order valence-electron chi connectivity index (χ3n) is 2.76. The molecule has 0 radical (unpaired) electrons. The van der Waals surface area contributed by atoms with Gasteiger partial charge in [-0.3, -0.25) is 4.79 Å². The van der Waals surface area contributed by atoms with Gasteiger partial charge in [-0.05, 0) is 18.9 Å². The molecule has 0 saturated carbocycles. The highest BCUT2D eigenvalue weighted by atomic mass is 19.1. The second kappa shape index (κ2) is 4.47. The molecule has 0 atom stereocenters. The van der Waals surface area contributed by atoms with Crippen molar-refractivity contribution < 1.29 is 13.9 Å². The summed E-state index contributed by atoms with van der Waals surface area (Å²) >= 11 is 0. The number of ketones is 1. The van der Waals surface area contributed by atoms with Gasteiger partial charge in [0.1, 0.15) is 5.82 Å². The Morgan fingerprint density at radius 2 is 2.00 bits per heavy atom. The van der Waals surface area contributed by atoms with Crippen LogP contribution in [0.25, 0.3) is 5.57 Å². The smallest absolute Gasteiger partial charge is 0.197 e. The zero-order valence-electron chi connectivity index (χ0n) is 9.13. The fourth-order valence-corrected chi connectivity index (χ4v) is 2.02. The molecular formula is C13H13FO2. The molecule has 0 saturated heterocycles. The fourth-order valence-electron chi connectivity index (χ4n) is 2.02. The monoisotopic (exact) mass is 220 g/mol. The second-order valence-corrected chi connectivity index (χ2v) is 3.77. The van der Waals surface area contributed by atoms with Crippen LogP contribution in [0, 0.1) is 5.82 Å². The van der Waals surface area contributed by atoms with E-state index in [1.54, 1.807) is 18.2 Å². The molecule has 0 heterocycles. The first-order valence-electron chi connectivity index (χ1n) is 5.29. The fraction of sp³-hybridized carbons (Fsp3) is 0.308. The van der Waals surface area contributed by atoms with Gasteiger partial charge in [-0.25, -0.2) is 4.39 Å². The molecule has 1 aliphatic carbocycles. The summed E-state index contributed by atoms with van der Waals surface area (Å²) in [5.41, 5.74) is 1.17. The van der Waals surface area contributed by atoms with Crippen LogP contribution in [-0.2, 0) is 9.53 Å². The molecule has 1 aromatic rings. The summed E-state index contributed by atoms with van der Waals surface area (Å²) < 4.78 is 18.7. The van der Waals surface area contributed by atoms with Crippen LogP contribution < -0.4 is 0 Å². The lowest BCUT2D eigenvalue weighted by atomic mass is 9.91. The van der Waals surface area contributed by atoms with E-state index in [1.807, 2.05) is 0 Å². The maximum Gasteiger partial charge on any atom is 0.197 e. The predicted molar refractivity (Wildman–Crippen MR) is 59.2 cm³/mol. The summed E-state index contributed by atoms with van der Waals surface area (Å²) in [7, 11) is 1.46. The van der Waals surface area contributed by atoms with Crippen molar-refractivity contribution in [2.45, 2.75) is 19.3 Å². The Kier molecular flexibility index (Phi) is 3.04. The molecule has 0 spiro atoms. The van der Waals surface area contributed by atoms with Gasteiger partial charge < -0.3 is 4.74 Å². The van der Waals surface area contributed by atoms with Gasteiger partial charge in [-0.1, -0.05) is 18.2 Å². The summed E-state index contributed by atoms with van der Waals surface area (Å²) in [6.07, 6.45) is 1.94. The zero-order chi connectivity index (χ0) is 11.5. The van der Waals surface area contributed by atoms with E-state index in [2.05, 4.69) is 0 Å². The summed E-state index contributed by atoms with van der Waals surface area (Å²) in [5, 5.41) is 0. The van der Waals surface area contributed by atoms with E-state index in [0.717, 1.165) is 6.42 Å². The van der Waals surface area contributed by atoms with Gasteiger partial charge in [0.15, 0.2) is 11.5 Å². The number of Topliss-reactive ketones (excluding diaryl/α,β-unsaturated/α-hetero) is 1. The van der Waals surface area contributed by atoms with Gasteiger partial charge in [0.2, 0.25) is 0 Å². The number of allylic oxidation sites excluding steroid dienone is 2. The number of carbonyl (C=O) groups excluding carboxylic acids is 1. The molecular weight excluding hydrogens is 207 g/mol. The van der Waals surface area contributed by atoms with E-state index >= 15 is 0 Å². The number of ether oxygens (including phenoxy) is 1. The SMILES string of the molecule is COC1=C(c2ccccc2F)CCCC1=O. The van der Waals surface area contributed by atoms with Gasteiger partial charge in [0.25, 0.3) is 0 Å². The van der Waals surface area contributed by atoms with Gasteiger partial charge in [-0.2, -0.15) is 0 Å². The third-order valence-corrected chi connectivity index (χ3v) is 2.76. The number of rotatable bonds is 2. The lowest BCUT2D eigenvalue weighted by molar-refractivity contribution is -0.118. The van der Waals surface area contributed by atoms with Crippen molar-refractivity contribution in [3.8, 4) is 0 Å². The molecule has 0 N–H and O–H groups in total. The molecule has 16 heavy (non-hydrogen) atoms. The van der Waals surface area contributed by atoms with E-state index in [-0.39, 0.29) is 11.6 Å². The maximum absolute atomic E-state index is 13.6. The van der Waals surface area contributed by atoms with E-state index in [9.17, 15) is 9.18 Å². The standard InChI is InChI=1S/C13H13FO2/c1-16-13-10(6-4-8-12(13)15)9-5-2-3-7-11(9)14/h2-3,5,7H,4,6,8H2,1H3. The number of halogens is 1. The number of hydrogen-bond acceptors (Lipinski definition) is 2. The van der Waals surface area contributed by atoms with Crippen LogP contribution >= 0.6 is 0 Å². The normalized spacial score (nSPS) is 16.5. The van der Waals surface area contributed by atoms with Crippen molar-refractivity contribution in [1.82, 2.24) is 0 Å². The first kappa shape index (κ1) is 10.9. The molecule has 0 aliphatic heterocycles. The average Bonchev–Trinajstić information content (AvgIpc) is 2.29. The van der Waals surface area contributed by atoms with Crippen LogP contribution in [0.1, 0.15) is 24.8 Å². The molecule has 2 rings (SSSR count). The maximum atomic E-state index is 13.6. The van der Waals surface area contributed by atoms with Crippen LogP contribution in [0.3, 0.4) is 0 Å². The molecule has 0 unspecified atom stereocenters. The Morgan fingerprint density at radius 1 is 1.25 bits per heavy atom. The molecule has 1 aliphatic rings. The highest BCUT2D eigenvalue weighted by Gasteiger charge is 2.23. The lowest BCUT2D eigenvalue weighted by Gasteiger charge is -2.18. The Bertz CT molecular complexity index is 449. The minimum absolute atomic E-state index is 0.0352. The van der Waals surface area contributed by atoms with Crippen molar-refractivity contribution in [2.24, 2.45) is 0 Å². The molecule has 84 valence electrons. The van der Waals surface area contributed by atoms with Crippen LogP contribution in [-0.4, -0.2) is 12.9 Å². The van der Waals surface area contributed by atoms with Crippen molar-refractivity contribution in [2.75, 3.05) is 7.11 Å². The van der Waals surface area contributed by atoms with Crippen LogP contribution in [0.15, 0.2) is 30.0 Å². The van der Waals surface area contributed by atoms with Crippen molar-refractivity contribution in [3.63, 3.8) is 0 Å². The van der Waals surface area contributed by atoms with E-state index in [0.29, 0.717) is 29.7 Å².